The topological polar surface area (TPSA) is 96.8 Å². The fourth-order valence-corrected chi connectivity index (χ4v) is 2.76. The van der Waals surface area contributed by atoms with Gasteiger partial charge < -0.3 is 25.3 Å². The molecule has 0 radical (unpaired) electrons. The predicted octanol–water partition coefficient (Wildman–Crippen LogP) is 3.09. The quantitative estimate of drug-likeness (QED) is 0.202. The zero-order valence-corrected chi connectivity index (χ0v) is 21.5. The molecule has 0 aliphatic carbocycles. The number of nitrogens with zero attached hydrogens (tertiary/aromatic N) is 2. The zero-order chi connectivity index (χ0) is 22.7. The van der Waals surface area contributed by atoms with Gasteiger partial charge in [0.15, 0.2) is 5.96 Å². The lowest BCUT2D eigenvalue weighted by Gasteiger charge is -2.19. The minimum atomic E-state index is -0.494. The molecule has 0 atom stereocenters. The first-order valence-corrected chi connectivity index (χ1v) is 10.4. The highest BCUT2D eigenvalue weighted by Gasteiger charge is 2.15. The highest BCUT2D eigenvalue weighted by atomic mass is 127. The van der Waals surface area contributed by atoms with Gasteiger partial charge in [-0.05, 0) is 44.4 Å². The first kappa shape index (κ1) is 27.5. The summed E-state index contributed by atoms with van der Waals surface area (Å²) in [4.78, 5) is 27.6. The van der Waals surface area contributed by atoms with Crippen molar-refractivity contribution in [1.29, 1.82) is 0 Å². The van der Waals surface area contributed by atoms with Crippen LogP contribution in [0.4, 0.5) is 4.79 Å². The van der Waals surface area contributed by atoms with Crippen LogP contribution in [0.5, 0.6) is 0 Å². The number of aliphatic imine (C=N–C) groups is 1. The number of rotatable bonds is 8. The summed E-state index contributed by atoms with van der Waals surface area (Å²) in [5.74, 6) is 0.692. The number of halogens is 1. The monoisotopic (exact) mass is 555 g/mol. The summed E-state index contributed by atoms with van der Waals surface area (Å²) in [6.45, 7) is 7.87. The molecule has 32 heavy (non-hydrogen) atoms. The Labute approximate surface area is 206 Å². The maximum absolute atomic E-state index is 11.8. The average molecular weight is 555 g/mol. The molecule has 0 fully saturated rings. The molecule has 0 unspecified atom stereocenters. The lowest BCUT2D eigenvalue weighted by Crippen LogP contribution is -2.39. The molecule has 0 aliphatic heterocycles. The van der Waals surface area contributed by atoms with E-state index in [-0.39, 0.29) is 29.5 Å². The molecular weight excluding hydrogens is 521 g/mol. The summed E-state index contributed by atoms with van der Waals surface area (Å²) in [6, 6.07) is 13.3. The van der Waals surface area contributed by atoms with Crippen LogP contribution in [0.3, 0.4) is 0 Å². The lowest BCUT2D eigenvalue weighted by atomic mass is 10.1. The van der Waals surface area contributed by atoms with Crippen LogP contribution in [-0.4, -0.2) is 42.4 Å². The van der Waals surface area contributed by atoms with E-state index in [1.165, 1.54) is 0 Å². The Balaban J connectivity index is 0.00000512. The number of pyridine rings is 1. The molecule has 3 N–H and O–H groups in total. The standard InChI is InChI=1S/C23H33N5O3.HI/c1-23(2,3)31-22(30)26-14-7-13-25-21(24-4)27-16-18-9-11-19(12-10-18)17-28-15-6-5-8-20(28)29;/h5-6,8-12,15H,7,13-14,16-17H2,1-4H3,(H,26,30)(H2,24,25,27);1H. The summed E-state index contributed by atoms with van der Waals surface area (Å²) in [6.07, 6.45) is 2.12. The van der Waals surface area contributed by atoms with Crippen LogP contribution in [0, 0.1) is 0 Å². The molecule has 9 heteroatoms. The van der Waals surface area contributed by atoms with Gasteiger partial charge in [-0.25, -0.2) is 4.79 Å². The summed E-state index contributed by atoms with van der Waals surface area (Å²) >= 11 is 0. The van der Waals surface area contributed by atoms with E-state index in [0.717, 1.165) is 17.5 Å². The van der Waals surface area contributed by atoms with E-state index < -0.39 is 11.7 Å². The van der Waals surface area contributed by atoms with Crippen molar-refractivity contribution in [3.8, 4) is 0 Å². The number of benzene rings is 1. The van der Waals surface area contributed by atoms with Crippen molar-refractivity contribution in [3.63, 3.8) is 0 Å². The van der Waals surface area contributed by atoms with E-state index in [2.05, 4.69) is 20.9 Å². The van der Waals surface area contributed by atoms with Gasteiger partial charge >= 0.3 is 6.09 Å². The van der Waals surface area contributed by atoms with E-state index in [0.29, 0.717) is 32.1 Å². The van der Waals surface area contributed by atoms with Crippen molar-refractivity contribution in [3.05, 3.63) is 70.1 Å². The van der Waals surface area contributed by atoms with Gasteiger partial charge in [0.1, 0.15) is 5.60 Å². The van der Waals surface area contributed by atoms with Crippen LogP contribution < -0.4 is 21.5 Å². The fourth-order valence-electron chi connectivity index (χ4n) is 2.76. The molecule has 1 aromatic heterocycles. The van der Waals surface area contributed by atoms with E-state index in [9.17, 15) is 9.59 Å². The van der Waals surface area contributed by atoms with Gasteiger partial charge in [0.25, 0.3) is 5.56 Å². The number of aromatic nitrogens is 1. The highest BCUT2D eigenvalue weighted by Crippen LogP contribution is 2.07. The van der Waals surface area contributed by atoms with Crippen molar-refractivity contribution < 1.29 is 9.53 Å². The SMILES string of the molecule is CN=C(NCCCNC(=O)OC(C)(C)C)NCc1ccc(Cn2ccccc2=O)cc1.I. The Kier molecular flexibility index (Phi) is 11.8. The number of ether oxygens (including phenoxy) is 1. The number of alkyl carbamates (subject to hydrolysis) is 1. The predicted molar refractivity (Wildman–Crippen MR) is 139 cm³/mol. The molecule has 1 heterocycles. The maximum atomic E-state index is 11.8. The van der Waals surface area contributed by atoms with Crippen LogP contribution in [0.15, 0.2) is 58.4 Å². The number of amides is 1. The Morgan fingerprint density at radius 1 is 1.00 bits per heavy atom. The first-order valence-electron chi connectivity index (χ1n) is 10.4. The second-order valence-electron chi connectivity index (χ2n) is 8.12. The van der Waals surface area contributed by atoms with Gasteiger partial charge in [-0.2, -0.15) is 0 Å². The van der Waals surface area contributed by atoms with Crippen LogP contribution in [0.1, 0.15) is 38.3 Å². The van der Waals surface area contributed by atoms with Gasteiger partial charge in [-0.15, -0.1) is 24.0 Å². The second kappa shape index (κ2) is 13.8. The normalized spacial score (nSPS) is 11.3. The summed E-state index contributed by atoms with van der Waals surface area (Å²) in [7, 11) is 1.72. The zero-order valence-electron chi connectivity index (χ0n) is 19.2. The Hall–Kier alpha value is -2.56. The molecule has 2 rings (SSSR count). The minimum Gasteiger partial charge on any atom is -0.444 e. The number of carbonyl (C=O) groups is 1. The van der Waals surface area contributed by atoms with Crippen LogP contribution >= 0.6 is 24.0 Å². The van der Waals surface area contributed by atoms with E-state index in [1.54, 1.807) is 29.9 Å². The lowest BCUT2D eigenvalue weighted by molar-refractivity contribution is 0.0527. The van der Waals surface area contributed by atoms with Crippen molar-refractivity contribution in [1.82, 2.24) is 20.5 Å². The molecule has 0 saturated heterocycles. The maximum Gasteiger partial charge on any atom is 0.407 e. The first-order chi connectivity index (χ1) is 14.8. The molecule has 1 amide bonds. The largest absolute Gasteiger partial charge is 0.444 e. The molecule has 0 aliphatic rings. The summed E-state index contributed by atoms with van der Waals surface area (Å²) in [5.41, 5.74) is 1.67. The van der Waals surface area contributed by atoms with Gasteiger partial charge in [0, 0.05) is 38.9 Å². The molecule has 0 bridgehead atoms. The van der Waals surface area contributed by atoms with E-state index in [4.69, 9.17) is 4.74 Å². The molecule has 2 aromatic rings. The number of hydrogen-bond donors (Lipinski definition) is 3. The second-order valence-corrected chi connectivity index (χ2v) is 8.12. The van der Waals surface area contributed by atoms with Crippen LogP contribution in [0.25, 0.3) is 0 Å². The number of guanidine groups is 1. The number of nitrogens with one attached hydrogen (secondary N) is 3. The van der Waals surface area contributed by atoms with Crippen molar-refractivity contribution in [2.45, 2.75) is 45.9 Å². The molecule has 176 valence electrons. The van der Waals surface area contributed by atoms with Crippen molar-refractivity contribution in [2.24, 2.45) is 4.99 Å². The molecule has 1 aromatic carbocycles. The number of hydrogen-bond acceptors (Lipinski definition) is 4. The van der Waals surface area contributed by atoms with Gasteiger partial charge in [0.05, 0.1) is 6.54 Å². The summed E-state index contributed by atoms with van der Waals surface area (Å²) < 4.78 is 6.88. The van der Waals surface area contributed by atoms with E-state index in [1.807, 2.05) is 51.1 Å². The van der Waals surface area contributed by atoms with Crippen molar-refractivity contribution in [2.75, 3.05) is 20.1 Å². The van der Waals surface area contributed by atoms with Crippen molar-refractivity contribution >= 4 is 36.0 Å². The van der Waals surface area contributed by atoms with Crippen LogP contribution in [0.2, 0.25) is 0 Å². The highest BCUT2D eigenvalue weighted by molar-refractivity contribution is 14.0. The summed E-state index contributed by atoms with van der Waals surface area (Å²) in [5, 5.41) is 9.22. The smallest absolute Gasteiger partial charge is 0.407 e. The van der Waals surface area contributed by atoms with Crippen LogP contribution in [-0.2, 0) is 17.8 Å². The Morgan fingerprint density at radius 2 is 1.66 bits per heavy atom. The minimum absolute atomic E-state index is 0. The molecule has 0 spiro atoms. The molecule has 0 saturated carbocycles. The fraction of sp³-hybridized carbons (Fsp3) is 0.435. The number of carbonyl (C=O) groups excluding carboxylic acids is 1. The molecule has 8 nitrogen and oxygen atoms in total. The Bertz CT molecular complexity index is 920. The van der Waals surface area contributed by atoms with Gasteiger partial charge in [0.2, 0.25) is 0 Å². The third kappa shape index (κ3) is 10.7. The van der Waals surface area contributed by atoms with Gasteiger partial charge in [-0.3, -0.25) is 9.79 Å². The average Bonchev–Trinajstić information content (AvgIpc) is 2.71. The van der Waals surface area contributed by atoms with E-state index >= 15 is 0 Å². The Morgan fingerprint density at radius 3 is 2.28 bits per heavy atom. The third-order valence-electron chi connectivity index (χ3n) is 4.27. The third-order valence-corrected chi connectivity index (χ3v) is 4.27. The molecular formula is C23H34IN5O3. The van der Waals surface area contributed by atoms with Gasteiger partial charge in [-0.1, -0.05) is 30.3 Å².